The number of alkyl halides is 2. The molecule has 1 unspecified atom stereocenters. The first-order chi connectivity index (χ1) is 3.85. The van der Waals surface area contributed by atoms with Crippen LogP contribution in [0.3, 0.4) is 0 Å². The quantitative estimate of drug-likeness (QED) is 0.556. The SMILES string of the molecule is CC(C)C(C)C([O])(F)F. The van der Waals surface area contributed by atoms with Crippen LogP contribution in [0.2, 0.25) is 0 Å². The minimum Gasteiger partial charge on any atom is -0.173 e. The van der Waals surface area contributed by atoms with Crippen molar-refractivity contribution >= 4 is 0 Å². The van der Waals surface area contributed by atoms with Gasteiger partial charge in [-0.3, -0.25) is 0 Å². The van der Waals surface area contributed by atoms with Crippen LogP contribution in [0.4, 0.5) is 8.78 Å². The van der Waals surface area contributed by atoms with Gasteiger partial charge >= 0.3 is 6.11 Å². The molecule has 0 N–H and O–H groups in total. The summed E-state index contributed by atoms with van der Waals surface area (Å²) >= 11 is 0. The highest BCUT2D eigenvalue weighted by molar-refractivity contribution is 4.63. The molecule has 55 valence electrons. The lowest BCUT2D eigenvalue weighted by molar-refractivity contribution is -0.280. The first-order valence-corrected chi connectivity index (χ1v) is 2.94. The van der Waals surface area contributed by atoms with Gasteiger partial charge in [-0.2, -0.15) is 13.9 Å². The van der Waals surface area contributed by atoms with Crippen LogP contribution >= 0.6 is 0 Å². The molecular formula is C6H11F2O. The summed E-state index contributed by atoms with van der Waals surface area (Å²) in [7, 11) is 0. The van der Waals surface area contributed by atoms with Crippen molar-refractivity contribution in [1.82, 2.24) is 0 Å². The second-order valence-electron chi connectivity index (χ2n) is 2.59. The average molecular weight is 137 g/mol. The Morgan fingerprint density at radius 3 is 1.56 bits per heavy atom. The van der Waals surface area contributed by atoms with E-state index in [9.17, 15) is 13.9 Å². The van der Waals surface area contributed by atoms with Crippen LogP contribution in [0.25, 0.3) is 0 Å². The van der Waals surface area contributed by atoms with E-state index in [-0.39, 0.29) is 5.92 Å². The molecule has 0 bridgehead atoms. The largest absolute Gasteiger partial charge is 0.384 e. The molecule has 0 aromatic heterocycles. The summed E-state index contributed by atoms with van der Waals surface area (Å²) in [6, 6.07) is 0. The van der Waals surface area contributed by atoms with Gasteiger partial charge in [0.05, 0.1) is 5.92 Å². The number of rotatable bonds is 2. The number of hydrogen-bond donors (Lipinski definition) is 0. The molecule has 0 saturated heterocycles. The molecule has 1 nitrogen and oxygen atoms in total. The Bertz CT molecular complexity index is 85.5. The van der Waals surface area contributed by atoms with E-state index in [1.54, 1.807) is 13.8 Å². The lowest BCUT2D eigenvalue weighted by atomic mass is 9.97. The van der Waals surface area contributed by atoms with E-state index in [4.69, 9.17) is 0 Å². The van der Waals surface area contributed by atoms with Crippen LogP contribution in [0.15, 0.2) is 0 Å². The molecular weight excluding hydrogens is 126 g/mol. The average Bonchev–Trinajstić information content (AvgIpc) is 1.62. The molecule has 3 heteroatoms. The molecule has 0 saturated carbocycles. The van der Waals surface area contributed by atoms with Crippen molar-refractivity contribution in [3.63, 3.8) is 0 Å². The van der Waals surface area contributed by atoms with E-state index in [1.807, 2.05) is 0 Å². The summed E-state index contributed by atoms with van der Waals surface area (Å²) in [4.78, 5) is 0. The fourth-order valence-electron chi connectivity index (χ4n) is 0.388. The summed E-state index contributed by atoms with van der Waals surface area (Å²) in [5, 5.41) is 9.91. The van der Waals surface area contributed by atoms with E-state index < -0.39 is 12.0 Å². The second kappa shape index (κ2) is 2.60. The molecule has 0 aliphatic heterocycles. The Morgan fingerprint density at radius 2 is 1.56 bits per heavy atom. The fraction of sp³-hybridized carbons (Fsp3) is 1.00. The molecule has 0 heterocycles. The Morgan fingerprint density at radius 1 is 1.22 bits per heavy atom. The smallest absolute Gasteiger partial charge is 0.173 e. The van der Waals surface area contributed by atoms with Crippen LogP contribution in [0.5, 0.6) is 0 Å². The van der Waals surface area contributed by atoms with Gasteiger partial charge < -0.3 is 0 Å². The Kier molecular flexibility index (Phi) is 2.55. The maximum atomic E-state index is 11.8. The van der Waals surface area contributed by atoms with E-state index in [2.05, 4.69) is 0 Å². The third kappa shape index (κ3) is 2.75. The molecule has 0 spiro atoms. The second-order valence-corrected chi connectivity index (χ2v) is 2.59. The van der Waals surface area contributed by atoms with Crippen molar-refractivity contribution in [2.24, 2.45) is 11.8 Å². The first-order valence-electron chi connectivity index (χ1n) is 2.94. The fourth-order valence-corrected chi connectivity index (χ4v) is 0.388. The molecule has 0 aromatic carbocycles. The third-order valence-corrected chi connectivity index (χ3v) is 1.53. The minimum absolute atomic E-state index is 0.252. The predicted octanol–water partition coefficient (Wildman–Crippen LogP) is 2.30. The molecule has 0 fully saturated rings. The normalized spacial score (nSPS) is 16.3. The highest BCUT2D eigenvalue weighted by atomic mass is 19.3. The molecule has 0 aromatic rings. The van der Waals surface area contributed by atoms with Crippen LogP contribution in [0, 0.1) is 11.8 Å². The predicted molar refractivity (Wildman–Crippen MR) is 29.6 cm³/mol. The monoisotopic (exact) mass is 137 g/mol. The van der Waals surface area contributed by atoms with Gasteiger partial charge in [-0.25, -0.2) is 0 Å². The highest BCUT2D eigenvalue weighted by Gasteiger charge is 2.37. The van der Waals surface area contributed by atoms with Crippen molar-refractivity contribution in [3.8, 4) is 0 Å². The molecule has 0 amide bonds. The van der Waals surface area contributed by atoms with Gasteiger partial charge in [0.2, 0.25) is 0 Å². The van der Waals surface area contributed by atoms with Crippen LogP contribution < -0.4 is 0 Å². The molecule has 1 radical (unpaired) electrons. The van der Waals surface area contributed by atoms with Crippen molar-refractivity contribution in [3.05, 3.63) is 0 Å². The minimum atomic E-state index is -3.77. The van der Waals surface area contributed by atoms with E-state index in [0.717, 1.165) is 0 Å². The van der Waals surface area contributed by atoms with Gasteiger partial charge in [0.25, 0.3) is 0 Å². The number of halogens is 2. The van der Waals surface area contributed by atoms with Gasteiger partial charge in [0.1, 0.15) is 0 Å². The van der Waals surface area contributed by atoms with E-state index >= 15 is 0 Å². The third-order valence-electron chi connectivity index (χ3n) is 1.53. The van der Waals surface area contributed by atoms with Crippen LogP contribution in [-0.4, -0.2) is 6.11 Å². The van der Waals surface area contributed by atoms with Crippen LogP contribution in [0.1, 0.15) is 20.8 Å². The van der Waals surface area contributed by atoms with Gasteiger partial charge in [-0.05, 0) is 5.92 Å². The van der Waals surface area contributed by atoms with Crippen molar-refractivity contribution in [1.29, 1.82) is 0 Å². The summed E-state index contributed by atoms with van der Waals surface area (Å²) in [6.45, 7) is 4.48. The van der Waals surface area contributed by atoms with Gasteiger partial charge in [0, 0.05) is 0 Å². The van der Waals surface area contributed by atoms with Crippen molar-refractivity contribution in [2.45, 2.75) is 26.9 Å². The first kappa shape index (κ1) is 8.82. The zero-order valence-corrected chi connectivity index (χ0v) is 5.82. The zero-order chi connectivity index (χ0) is 7.65. The molecule has 9 heavy (non-hydrogen) atoms. The molecule has 0 aliphatic rings. The lowest BCUT2D eigenvalue weighted by Crippen LogP contribution is -2.27. The molecule has 0 aliphatic carbocycles. The Hall–Kier alpha value is -0.180. The van der Waals surface area contributed by atoms with Crippen molar-refractivity contribution in [2.75, 3.05) is 0 Å². The Labute approximate surface area is 53.7 Å². The number of hydrogen-bond acceptors (Lipinski definition) is 0. The summed E-state index contributed by atoms with van der Waals surface area (Å²) in [6.07, 6.45) is -3.77. The Balaban J connectivity index is 3.88. The summed E-state index contributed by atoms with van der Waals surface area (Å²) in [5.41, 5.74) is 0. The van der Waals surface area contributed by atoms with Crippen molar-refractivity contribution < 1.29 is 13.9 Å². The highest BCUT2D eigenvalue weighted by Crippen LogP contribution is 2.27. The zero-order valence-electron chi connectivity index (χ0n) is 5.82. The van der Waals surface area contributed by atoms with E-state index in [1.165, 1.54) is 6.92 Å². The standard InChI is InChI=1S/C6H11F2O/c1-4(2)5(3)6(7,8)9/h4-5H,1-3H3. The topological polar surface area (TPSA) is 19.9 Å². The van der Waals surface area contributed by atoms with Gasteiger partial charge in [-0.1, -0.05) is 20.8 Å². The summed E-state index contributed by atoms with van der Waals surface area (Å²) < 4.78 is 23.6. The van der Waals surface area contributed by atoms with Gasteiger partial charge in [-0.15, -0.1) is 0 Å². The molecule has 1 atom stereocenters. The summed E-state index contributed by atoms with van der Waals surface area (Å²) in [5.74, 6) is -1.32. The van der Waals surface area contributed by atoms with Crippen LogP contribution in [-0.2, 0) is 5.11 Å². The lowest BCUT2D eigenvalue weighted by Gasteiger charge is -2.18. The maximum absolute atomic E-state index is 11.8. The van der Waals surface area contributed by atoms with E-state index in [0.29, 0.717) is 0 Å². The van der Waals surface area contributed by atoms with Gasteiger partial charge in [0.15, 0.2) is 0 Å². The molecule has 0 rings (SSSR count). The maximum Gasteiger partial charge on any atom is 0.384 e.